The molecule has 3 atom stereocenters. The minimum absolute atomic E-state index is 0.0488. The van der Waals surface area contributed by atoms with Gasteiger partial charge in [-0.1, -0.05) is 23.8 Å². The van der Waals surface area contributed by atoms with E-state index >= 15 is 0 Å². The summed E-state index contributed by atoms with van der Waals surface area (Å²) in [4.78, 5) is 32.4. The Morgan fingerprint density at radius 3 is 3.03 bits per heavy atom. The maximum atomic E-state index is 14.3. The number of rotatable bonds is 3. The Bertz CT molecular complexity index is 1150. The third-order valence-corrected chi connectivity index (χ3v) is 7.37. The van der Waals surface area contributed by atoms with Crippen molar-refractivity contribution in [3.05, 3.63) is 56.4 Å². The molecule has 0 spiro atoms. The molecular weight excluding hydrogens is 429 g/mol. The molecule has 156 valence electrons. The van der Waals surface area contributed by atoms with Crippen LogP contribution in [-0.2, 0) is 13.0 Å². The molecule has 0 bridgehead atoms. The average Bonchev–Trinajstić information content (AvgIpc) is 3.38. The van der Waals surface area contributed by atoms with Gasteiger partial charge < -0.3 is 14.6 Å². The Morgan fingerprint density at radius 2 is 2.20 bits per heavy atom. The van der Waals surface area contributed by atoms with E-state index in [4.69, 9.17) is 11.6 Å². The van der Waals surface area contributed by atoms with E-state index in [1.54, 1.807) is 40.1 Å². The van der Waals surface area contributed by atoms with E-state index in [2.05, 4.69) is 4.98 Å². The zero-order valence-corrected chi connectivity index (χ0v) is 17.5. The number of hydrogen-bond donors (Lipinski definition) is 1. The second kappa shape index (κ2) is 7.35. The lowest BCUT2D eigenvalue weighted by Gasteiger charge is -2.32. The van der Waals surface area contributed by atoms with Gasteiger partial charge in [0.2, 0.25) is 5.43 Å². The fraction of sp³-hybridized carbons (Fsp3) is 0.381. The summed E-state index contributed by atoms with van der Waals surface area (Å²) in [6.45, 7) is 1.19. The van der Waals surface area contributed by atoms with E-state index in [1.165, 1.54) is 11.3 Å². The summed E-state index contributed by atoms with van der Waals surface area (Å²) in [5, 5.41) is 11.1. The number of pyridine rings is 1. The Balaban J connectivity index is 1.47. The number of aromatic hydroxyl groups is 1. The summed E-state index contributed by atoms with van der Waals surface area (Å²) in [5.41, 5.74) is -0.312. The van der Waals surface area contributed by atoms with E-state index in [9.17, 15) is 19.1 Å². The zero-order valence-electron chi connectivity index (χ0n) is 15.9. The molecule has 0 saturated carbocycles. The quantitative estimate of drug-likeness (QED) is 0.781. The lowest BCUT2D eigenvalue weighted by molar-refractivity contribution is 0.0661. The predicted molar refractivity (Wildman–Crippen MR) is 113 cm³/mol. The first-order valence-electron chi connectivity index (χ1n) is 9.84. The zero-order chi connectivity index (χ0) is 21.0. The molecule has 1 aliphatic carbocycles. The molecule has 1 N–H and O–H groups in total. The number of hydrogen-bond acceptors (Lipinski definition) is 5. The van der Waals surface area contributed by atoms with Crippen molar-refractivity contribution < 1.29 is 14.3 Å². The van der Waals surface area contributed by atoms with Crippen molar-refractivity contribution in [1.82, 2.24) is 14.5 Å². The van der Waals surface area contributed by atoms with Gasteiger partial charge >= 0.3 is 0 Å². The van der Waals surface area contributed by atoms with Crippen molar-refractivity contribution in [3.8, 4) is 16.3 Å². The summed E-state index contributed by atoms with van der Waals surface area (Å²) in [5.74, 6) is -1.22. The predicted octanol–water partition coefficient (Wildman–Crippen LogP) is 3.48. The lowest BCUT2D eigenvalue weighted by atomic mass is 9.95. The number of halogens is 2. The van der Waals surface area contributed by atoms with E-state index < -0.39 is 17.3 Å². The van der Waals surface area contributed by atoms with Crippen LogP contribution >= 0.6 is 22.9 Å². The standard InChI is InChI=1S/C21H19ClFN3O3S/c22-15-5-1-3-11(16(15)23)7-13-8-24-20(30-13)14-10-25-9-12-4-2-6-26(12)21(29)17(25)19(28)18(14)27/h1,3,5,8,10-12,16,28H,2,4,6-7,9H2/t11?,12-,16?/m1/s1. The van der Waals surface area contributed by atoms with Crippen molar-refractivity contribution in [3.63, 3.8) is 0 Å². The van der Waals surface area contributed by atoms with Crippen LogP contribution in [0.2, 0.25) is 0 Å². The van der Waals surface area contributed by atoms with E-state index in [0.29, 0.717) is 24.5 Å². The third-order valence-electron chi connectivity index (χ3n) is 5.98. The van der Waals surface area contributed by atoms with Crippen molar-refractivity contribution in [1.29, 1.82) is 0 Å². The fourth-order valence-electron chi connectivity index (χ4n) is 4.44. The number of amides is 1. The molecule has 6 nitrogen and oxygen atoms in total. The average molecular weight is 448 g/mol. The number of carbonyl (C=O) groups excluding carboxylic acids is 1. The first kappa shape index (κ1) is 19.5. The number of thiazole rings is 1. The van der Waals surface area contributed by atoms with Gasteiger partial charge in [-0.05, 0) is 25.3 Å². The van der Waals surface area contributed by atoms with Gasteiger partial charge in [0.25, 0.3) is 5.91 Å². The van der Waals surface area contributed by atoms with Crippen LogP contribution in [-0.4, -0.2) is 44.2 Å². The minimum atomic E-state index is -1.26. The van der Waals surface area contributed by atoms with Crippen LogP contribution in [0.4, 0.5) is 4.39 Å². The highest BCUT2D eigenvalue weighted by Crippen LogP contribution is 2.34. The van der Waals surface area contributed by atoms with Crippen molar-refractivity contribution in [2.45, 2.75) is 38.0 Å². The lowest BCUT2D eigenvalue weighted by Crippen LogP contribution is -2.45. The Morgan fingerprint density at radius 1 is 1.37 bits per heavy atom. The highest BCUT2D eigenvalue weighted by Gasteiger charge is 2.38. The minimum Gasteiger partial charge on any atom is -0.503 e. The normalized spacial score (nSPS) is 25.3. The van der Waals surface area contributed by atoms with E-state index in [-0.39, 0.29) is 34.2 Å². The van der Waals surface area contributed by atoms with Crippen LogP contribution in [0.25, 0.3) is 10.6 Å². The van der Waals surface area contributed by atoms with Gasteiger partial charge in [-0.2, -0.15) is 0 Å². The molecule has 5 rings (SSSR count). The molecule has 0 aromatic carbocycles. The maximum Gasteiger partial charge on any atom is 0.274 e. The molecule has 2 aromatic rings. The molecule has 0 radical (unpaired) electrons. The van der Waals surface area contributed by atoms with Gasteiger partial charge in [-0.15, -0.1) is 11.3 Å². The van der Waals surface area contributed by atoms with Crippen LogP contribution in [0.1, 0.15) is 28.2 Å². The van der Waals surface area contributed by atoms with Gasteiger partial charge in [0.15, 0.2) is 11.4 Å². The molecule has 2 aliphatic heterocycles. The molecule has 30 heavy (non-hydrogen) atoms. The number of allylic oxidation sites excluding steroid dienone is 4. The number of aromatic nitrogens is 2. The Labute approximate surface area is 180 Å². The first-order valence-corrected chi connectivity index (χ1v) is 11.0. The fourth-order valence-corrected chi connectivity index (χ4v) is 5.67. The highest BCUT2D eigenvalue weighted by molar-refractivity contribution is 7.15. The Kier molecular flexibility index (Phi) is 4.78. The summed E-state index contributed by atoms with van der Waals surface area (Å²) in [6, 6.07) is 0.0870. The molecule has 2 aromatic heterocycles. The summed E-state index contributed by atoms with van der Waals surface area (Å²) in [6.07, 6.45) is 9.27. The molecule has 4 heterocycles. The van der Waals surface area contributed by atoms with Crippen molar-refractivity contribution in [2.24, 2.45) is 5.92 Å². The van der Waals surface area contributed by atoms with Crippen molar-refractivity contribution >= 4 is 28.8 Å². The van der Waals surface area contributed by atoms with Crippen LogP contribution in [0.5, 0.6) is 5.75 Å². The van der Waals surface area contributed by atoms with E-state index in [1.807, 2.05) is 0 Å². The molecule has 9 heteroatoms. The third kappa shape index (κ3) is 3.09. The van der Waals surface area contributed by atoms with Gasteiger partial charge in [-0.25, -0.2) is 9.37 Å². The maximum absolute atomic E-state index is 14.3. The van der Waals surface area contributed by atoms with Gasteiger partial charge in [-0.3, -0.25) is 9.59 Å². The molecule has 1 fully saturated rings. The number of nitrogens with zero attached hydrogens (tertiary/aromatic N) is 3. The van der Waals surface area contributed by atoms with Crippen LogP contribution in [0.15, 0.2) is 40.4 Å². The number of alkyl halides is 1. The van der Waals surface area contributed by atoms with E-state index in [0.717, 1.165) is 17.7 Å². The van der Waals surface area contributed by atoms with Crippen molar-refractivity contribution in [2.75, 3.05) is 6.54 Å². The molecular formula is C21H19ClFN3O3S. The molecule has 1 saturated heterocycles. The smallest absolute Gasteiger partial charge is 0.274 e. The van der Waals surface area contributed by atoms with Gasteiger partial charge in [0.05, 0.1) is 16.6 Å². The SMILES string of the molecule is O=C1c2c(O)c(=O)c(-c3ncc(CC4C=CC=C(Cl)C4F)s3)cn2C[C@H]2CCCN12. The summed E-state index contributed by atoms with van der Waals surface area (Å²) in [7, 11) is 0. The molecule has 1 amide bonds. The number of carbonyl (C=O) groups is 1. The second-order valence-electron chi connectivity index (χ2n) is 7.85. The summed E-state index contributed by atoms with van der Waals surface area (Å²) < 4.78 is 16.0. The second-order valence-corrected chi connectivity index (χ2v) is 9.41. The summed E-state index contributed by atoms with van der Waals surface area (Å²) >= 11 is 7.19. The first-order chi connectivity index (χ1) is 14.4. The molecule has 2 unspecified atom stereocenters. The molecule has 3 aliphatic rings. The monoisotopic (exact) mass is 447 g/mol. The highest BCUT2D eigenvalue weighted by atomic mass is 35.5. The van der Waals surface area contributed by atoms with Crippen LogP contribution < -0.4 is 5.43 Å². The van der Waals surface area contributed by atoms with Crippen LogP contribution in [0, 0.1) is 5.92 Å². The topological polar surface area (TPSA) is 75.4 Å². The number of fused-ring (bicyclic) bond motifs is 2. The van der Waals surface area contributed by atoms with Gasteiger partial charge in [0.1, 0.15) is 11.2 Å². The van der Waals surface area contributed by atoms with Gasteiger partial charge in [0, 0.05) is 36.3 Å². The Hall–Kier alpha value is -2.45. The van der Waals surface area contributed by atoms with Crippen LogP contribution in [0.3, 0.4) is 0 Å². The largest absolute Gasteiger partial charge is 0.503 e.